The van der Waals surface area contributed by atoms with Gasteiger partial charge in [-0.2, -0.15) is 0 Å². The van der Waals surface area contributed by atoms with E-state index in [-0.39, 0.29) is 0 Å². The molecule has 2 atom stereocenters. The summed E-state index contributed by atoms with van der Waals surface area (Å²) < 4.78 is 1.16. The molecule has 2 unspecified atom stereocenters. The van der Waals surface area contributed by atoms with E-state index in [4.69, 9.17) is 5.73 Å². The smallest absolute Gasteiger partial charge is 0.0181 e. The highest BCUT2D eigenvalue weighted by Crippen LogP contribution is 2.36. The maximum Gasteiger partial charge on any atom is 0.0181 e. The molecule has 1 aromatic rings. The molecule has 0 amide bonds. The number of hydrogen-bond donors (Lipinski definition) is 1. The van der Waals surface area contributed by atoms with Crippen LogP contribution in [0.5, 0.6) is 0 Å². The molecule has 0 heterocycles. The zero-order valence-corrected chi connectivity index (χ0v) is 11.9. The van der Waals surface area contributed by atoms with Crippen LogP contribution in [0.1, 0.15) is 31.7 Å². The zero-order chi connectivity index (χ0) is 12.3. The van der Waals surface area contributed by atoms with Crippen LogP contribution in [0.4, 0.5) is 0 Å². The lowest BCUT2D eigenvalue weighted by Gasteiger charge is -2.28. The highest BCUT2D eigenvalue weighted by molar-refractivity contribution is 9.10. The number of benzene rings is 1. The summed E-state index contributed by atoms with van der Waals surface area (Å²) in [6, 6.07) is 8.60. The van der Waals surface area contributed by atoms with Crippen molar-refractivity contribution in [1.82, 2.24) is 0 Å². The maximum absolute atomic E-state index is 5.66. The first-order valence-electron chi connectivity index (χ1n) is 6.35. The van der Waals surface area contributed by atoms with Gasteiger partial charge in [0.15, 0.2) is 0 Å². The lowest BCUT2D eigenvalue weighted by atomic mass is 9.77. The zero-order valence-electron chi connectivity index (χ0n) is 10.3. The standard InChI is InChI=1S/C15H20BrN/c1-11-9-14(6-5-12(11)7-8-17)13-3-2-4-15(16)10-13/h2-4,6,10-12H,5,7-9,17H2,1H3. The van der Waals surface area contributed by atoms with Gasteiger partial charge in [0, 0.05) is 4.47 Å². The Hall–Kier alpha value is -0.600. The largest absolute Gasteiger partial charge is 0.330 e. The molecule has 0 spiro atoms. The first-order chi connectivity index (χ1) is 8.20. The van der Waals surface area contributed by atoms with Gasteiger partial charge in [0.25, 0.3) is 0 Å². The molecular formula is C15H20BrN. The summed E-state index contributed by atoms with van der Waals surface area (Å²) in [4.78, 5) is 0. The highest BCUT2D eigenvalue weighted by Gasteiger charge is 2.22. The minimum Gasteiger partial charge on any atom is -0.330 e. The van der Waals surface area contributed by atoms with Crippen molar-refractivity contribution in [3.63, 3.8) is 0 Å². The average molecular weight is 294 g/mol. The minimum absolute atomic E-state index is 0.748. The van der Waals surface area contributed by atoms with Crippen LogP contribution < -0.4 is 5.73 Å². The molecule has 2 heteroatoms. The SMILES string of the molecule is CC1CC(c2cccc(Br)c2)=CCC1CCN. The maximum atomic E-state index is 5.66. The first kappa shape index (κ1) is 12.8. The molecule has 0 saturated carbocycles. The van der Waals surface area contributed by atoms with Gasteiger partial charge in [-0.25, -0.2) is 0 Å². The van der Waals surface area contributed by atoms with Crippen molar-refractivity contribution in [3.8, 4) is 0 Å². The van der Waals surface area contributed by atoms with Crippen LogP contribution in [0.15, 0.2) is 34.8 Å². The third-order valence-electron chi connectivity index (χ3n) is 3.75. The molecule has 2 N–H and O–H groups in total. The summed E-state index contributed by atoms with van der Waals surface area (Å²) in [6.45, 7) is 3.17. The van der Waals surface area contributed by atoms with Crippen molar-refractivity contribution in [1.29, 1.82) is 0 Å². The molecule has 0 radical (unpaired) electrons. The number of allylic oxidation sites excluding steroid dienone is 2. The van der Waals surface area contributed by atoms with Crippen LogP contribution in [-0.2, 0) is 0 Å². The lowest BCUT2D eigenvalue weighted by Crippen LogP contribution is -2.19. The van der Waals surface area contributed by atoms with E-state index in [1.807, 2.05) is 0 Å². The molecule has 0 aliphatic heterocycles. The molecule has 0 bridgehead atoms. The van der Waals surface area contributed by atoms with Gasteiger partial charge in [-0.1, -0.05) is 41.1 Å². The molecule has 1 nitrogen and oxygen atoms in total. The van der Waals surface area contributed by atoms with Crippen molar-refractivity contribution >= 4 is 21.5 Å². The summed E-state index contributed by atoms with van der Waals surface area (Å²) in [5, 5.41) is 0. The second kappa shape index (κ2) is 5.83. The second-order valence-corrected chi connectivity index (χ2v) is 5.91. The molecule has 0 fully saturated rings. The Kier molecular flexibility index (Phi) is 4.41. The Morgan fingerprint density at radius 3 is 2.88 bits per heavy atom. The van der Waals surface area contributed by atoms with Crippen molar-refractivity contribution in [2.45, 2.75) is 26.2 Å². The highest BCUT2D eigenvalue weighted by atomic mass is 79.9. The molecule has 2 rings (SSSR count). The molecule has 17 heavy (non-hydrogen) atoms. The minimum atomic E-state index is 0.748. The van der Waals surface area contributed by atoms with Gasteiger partial charge in [-0.3, -0.25) is 0 Å². The topological polar surface area (TPSA) is 26.0 Å². The Balaban J connectivity index is 2.14. The van der Waals surface area contributed by atoms with E-state index in [2.05, 4.69) is 53.2 Å². The van der Waals surface area contributed by atoms with Gasteiger partial charge < -0.3 is 5.73 Å². The van der Waals surface area contributed by atoms with E-state index in [9.17, 15) is 0 Å². The summed E-state index contributed by atoms with van der Waals surface area (Å²) in [7, 11) is 0. The van der Waals surface area contributed by atoms with Crippen molar-refractivity contribution in [2.24, 2.45) is 17.6 Å². The van der Waals surface area contributed by atoms with Crippen LogP contribution in [0.2, 0.25) is 0 Å². The predicted octanol–water partition coefficient (Wildman–Crippen LogP) is 4.23. The second-order valence-electron chi connectivity index (χ2n) is 4.99. The Labute approximate surface area is 112 Å². The van der Waals surface area contributed by atoms with Crippen molar-refractivity contribution < 1.29 is 0 Å². The predicted molar refractivity (Wildman–Crippen MR) is 77.7 cm³/mol. The van der Waals surface area contributed by atoms with Gasteiger partial charge in [-0.15, -0.1) is 0 Å². The van der Waals surface area contributed by atoms with E-state index in [1.165, 1.54) is 24.0 Å². The van der Waals surface area contributed by atoms with Crippen LogP contribution in [0.3, 0.4) is 0 Å². The van der Waals surface area contributed by atoms with Crippen LogP contribution in [-0.4, -0.2) is 6.54 Å². The summed E-state index contributed by atoms with van der Waals surface area (Å²) in [6.07, 6.45) is 5.92. The third kappa shape index (κ3) is 3.20. The first-order valence-corrected chi connectivity index (χ1v) is 7.15. The van der Waals surface area contributed by atoms with Crippen molar-refractivity contribution in [2.75, 3.05) is 6.54 Å². The van der Waals surface area contributed by atoms with E-state index < -0.39 is 0 Å². The fourth-order valence-electron chi connectivity index (χ4n) is 2.66. The van der Waals surface area contributed by atoms with Crippen LogP contribution in [0.25, 0.3) is 5.57 Å². The van der Waals surface area contributed by atoms with Gasteiger partial charge in [-0.05, 0) is 60.9 Å². The summed E-state index contributed by atoms with van der Waals surface area (Å²) in [5.74, 6) is 1.52. The van der Waals surface area contributed by atoms with E-state index >= 15 is 0 Å². The van der Waals surface area contributed by atoms with Gasteiger partial charge in [0.05, 0.1) is 0 Å². The number of nitrogens with two attached hydrogens (primary N) is 1. The van der Waals surface area contributed by atoms with Crippen molar-refractivity contribution in [3.05, 3.63) is 40.4 Å². The molecular weight excluding hydrogens is 274 g/mol. The monoisotopic (exact) mass is 293 g/mol. The van der Waals surface area contributed by atoms with E-state index in [0.717, 1.165) is 29.3 Å². The molecule has 92 valence electrons. The normalized spacial score (nSPS) is 24.5. The van der Waals surface area contributed by atoms with Gasteiger partial charge >= 0.3 is 0 Å². The molecule has 1 aromatic carbocycles. The molecule has 0 aromatic heterocycles. The number of rotatable bonds is 3. The van der Waals surface area contributed by atoms with Gasteiger partial charge in [0.1, 0.15) is 0 Å². The lowest BCUT2D eigenvalue weighted by molar-refractivity contribution is 0.337. The Bertz CT molecular complexity index is 411. The van der Waals surface area contributed by atoms with Crippen LogP contribution >= 0.6 is 15.9 Å². The quantitative estimate of drug-likeness (QED) is 0.887. The summed E-state index contributed by atoms with van der Waals surface area (Å²) in [5.41, 5.74) is 8.51. The Morgan fingerprint density at radius 1 is 1.41 bits per heavy atom. The average Bonchev–Trinajstić information content (AvgIpc) is 2.32. The van der Waals surface area contributed by atoms with Gasteiger partial charge in [0.2, 0.25) is 0 Å². The fraction of sp³-hybridized carbons (Fsp3) is 0.467. The molecule has 1 aliphatic carbocycles. The number of halogens is 1. The van der Waals surface area contributed by atoms with E-state index in [1.54, 1.807) is 0 Å². The molecule has 1 aliphatic rings. The Morgan fingerprint density at radius 2 is 2.24 bits per heavy atom. The van der Waals surface area contributed by atoms with E-state index in [0.29, 0.717) is 0 Å². The van der Waals surface area contributed by atoms with Crippen LogP contribution in [0, 0.1) is 11.8 Å². The fourth-order valence-corrected chi connectivity index (χ4v) is 3.06. The molecule has 0 saturated heterocycles. The number of hydrogen-bond acceptors (Lipinski definition) is 1. The third-order valence-corrected chi connectivity index (χ3v) is 4.24. The summed E-state index contributed by atoms with van der Waals surface area (Å²) >= 11 is 3.54.